The minimum Gasteiger partial charge on any atom is -0.357 e. The van der Waals surface area contributed by atoms with Crippen LogP contribution in [0.4, 0.5) is 11.4 Å². The average Bonchev–Trinajstić information content (AvgIpc) is 3.30. The zero-order valence-electron chi connectivity index (χ0n) is 12.4. The second kappa shape index (κ2) is 5.16. The van der Waals surface area contributed by atoms with Crippen LogP contribution in [0, 0.1) is 5.92 Å². The van der Waals surface area contributed by atoms with Crippen LogP contribution in [0.25, 0.3) is 0 Å². The smallest absolute Gasteiger partial charge is 0.246 e. The molecule has 1 fully saturated rings. The molecule has 0 bridgehead atoms. The van der Waals surface area contributed by atoms with Gasteiger partial charge in [-0.1, -0.05) is 6.07 Å². The molecule has 0 atom stereocenters. The Kier molecular flexibility index (Phi) is 3.13. The van der Waals surface area contributed by atoms with Gasteiger partial charge in [-0.3, -0.25) is 9.59 Å². The molecular formula is C17H19N3O2. The van der Waals surface area contributed by atoms with Gasteiger partial charge >= 0.3 is 0 Å². The summed E-state index contributed by atoms with van der Waals surface area (Å²) in [5, 5.41) is 6.01. The highest BCUT2D eigenvalue weighted by atomic mass is 16.2. The first-order chi connectivity index (χ1) is 10.7. The van der Waals surface area contributed by atoms with Crippen LogP contribution in [0.2, 0.25) is 0 Å². The Morgan fingerprint density at radius 2 is 2.18 bits per heavy atom. The van der Waals surface area contributed by atoms with Crippen molar-refractivity contribution in [1.82, 2.24) is 5.32 Å². The van der Waals surface area contributed by atoms with Crippen molar-refractivity contribution in [3.05, 3.63) is 35.5 Å². The van der Waals surface area contributed by atoms with Crippen molar-refractivity contribution < 1.29 is 9.59 Å². The third-order valence-electron chi connectivity index (χ3n) is 4.46. The fourth-order valence-electron chi connectivity index (χ4n) is 3.14. The molecule has 3 aliphatic rings. The van der Waals surface area contributed by atoms with Crippen LogP contribution in [0.1, 0.15) is 24.8 Å². The summed E-state index contributed by atoms with van der Waals surface area (Å²) in [6, 6.07) is 6.15. The van der Waals surface area contributed by atoms with Crippen LogP contribution in [-0.4, -0.2) is 24.9 Å². The maximum absolute atomic E-state index is 12.5. The SMILES string of the molecule is O=C1C=C(Nc2ccc3c(c2)N(C(=O)C2CC2)CCC3)CN1. The van der Waals surface area contributed by atoms with E-state index < -0.39 is 0 Å². The molecule has 0 spiro atoms. The summed E-state index contributed by atoms with van der Waals surface area (Å²) < 4.78 is 0. The van der Waals surface area contributed by atoms with Gasteiger partial charge in [0.15, 0.2) is 0 Å². The van der Waals surface area contributed by atoms with Gasteiger partial charge in [-0.05, 0) is 43.4 Å². The number of benzene rings is 1. The summed E-state index contributed by atoms with van der Waals surface area (Å²) >= 11 is 0. The molecule has 2 amide bonds. The van der Waals surface area contributed by atoms with Crippen LogP contribution in [0.15, 0.2) is 30.0 Å². The zero-order chi connectivity index (χ0) is 15.1. The summed E-state index contributed by atoms with van der Waals surface area (Å²) in [4.78, 5) is 25.6. The number of rotatable bonds is 3. The lowest BCUT2D eigenvalue weighted by atomic mass is 10.0. The lowest BCUT2D eigenvalue weighted by molar-refractivity contribution is -0.120. The predicted molar refractivity (Wildman–Crippen MR) is 84.6 cm³/mol. The summed E-state index contributed by atoms with van der Waals surface area (Å²) in [5.41, 5.74) is 4.06. The molecule has 0 unspecified atom stereocenters. The van der Waals surface area contributed by atoms with Gasteiger partial charge in [-0.25, -0.2) is 0 Å². The number of aryl methyl sites for hydroxylation is 1. The molecule has 1 aromatic carbocycles. The highest BCUT2D eigenvalue weighted by Gasteiger charge is 2.35. The summed E-state index contributed by atoms with van der Waals surface area (Å²) in [5.74, 6) is 0.447. The van der Waals surface area contributed by atoms with Gasteiger partial charge in [-0.15, -0.1) is 0 Å². The molecule has 22 heavy (non-hydrogen) atoms. The summed E-state index contributed by atoms with van der Waals surface area (Å²) in [7, 11) is 0. The molecule has 0 aromatic heterocycles. The first kappa shape index (κ1) is 13.4. The number of nitrogens with one attached hydrogen (secondary N) is 2. The lowest BCUT2D eigenvalue weighted by Crippen LogP contribution is -2.36. The van der Waals surface area contributed by atoms with E-state index in [0.717, 1.165) is 49.3 Å². The van der Waals surface area contributed by atoms with E-state index in [1.807, 2.05) is 17.0 Å². The predicted octanol–water partition coefficient (Wildman–Crippen LogP) is 1.80. The quantitative estimate of drug-likeness (QED) is 0.894. The van der Waals surface area contributed by atoms with Crippen molar-refractivity contribution in [3.63, 3.8) is 0 Å². The molecule has 1 aliphatic carbocycles. The Balaban J connectivity index is 1.60. The van der Waals surface area contributed by atoms with Crippen molar-refractivity contribution in [2.24, 2.45) is 5.92 Å². The fourth-order valence-corrected chi connectivity index (χ4v) is 3.14. The first-order valence-corrected chi connectivity index (χ1v) is 7.90. The van der Waals surface area contributed by atoms with E-state index in [1.54, 1.807) is 6.08 Å². The van der Waals surface area contributed by atoms with Crippen molar-refractivity contribution in [3.8, 4) is 0 Å². The fraction of sp³-hybridized carbons (Fsp3) is 0.412. The Labute approximate surface area is 129 Å². The van der Waals surface area contributed by atoms with Crippen molar-refractivity contribution >= 4 is 23.2 Å². The van der Waals surface area contributed by atoms with Gasteiger partial charge in [0.05, 0.1) is 6.54 Å². The van der Waals surface area contributed by atoms with Crippen LogP contribution in [0.5, 0.6) is 0 Å². The van der Waals surface area contributed by atoms with E-state index in [4.69, 9.17) is 0 Å². The second-order valence-electron chi connectivity index (χ2n) is 6.22. The molecule has 5 nitrogen and oxygen atoms in total. The number of amides is 2. The van der Waals surface area contributed by atoms with Gasteiger partial charge in [0, 0.05) is 35.6 Å². The summed E-state index contributed by atoms with van der Waals surface area (Å²) in [6.45, 7) is 1.34. The number of hydrogen-bond acceptors (Lipinski definition) is 3. The number of hydrogen-bond donors (Lipinski definition) is 2. The Morgan fingerprint density at radius 1 is 1.32 bits per heavy atom. The van der Waals surface area contributed by atoms with Crippen LogP contribution < -0.4 is 15.5 Å². The first-order valence-electron chi connectivity index (χ1n) is 7.90. The molecule has 1 saturated carbocycles. The molecule has 2 N–H and O–H groups in total. The maximum atomic E-state index is 12.5. The Bertz CT molecular complexity index is 676. The molecule has 4 rings (SSSR count). The number of fused-ring (bicyclic) bond motifs is 1. The standard InChI is InChI=1S/C17H19N3O2/c21-16-9-14(10-18-16)19-13-6-5-11-2-1-7-20(15(11)8-13)17(22)12-3-4-12/h5-6,8-9,12,19H,1-4,7,10H2,(H,18,21). The Hall–Kier alpha value is -2.30. The van der Waals surface area contributed by atoms with Gasteiger partial charge < -0.3 is 15.5 Å². The highest BCUT2D eigenvalue weighted by Crippen LogP contribution is 2.37. The van der Waals surface area contributed by atoms with Gasteiger partial charge in [0.2, 0.25) is 11.8 Å². The van der Waals surface area contributed by atoms with E-state index in [0.29, 0.717) is 6.54 Å². The summed E-state index contributed by atoms with van der Waals surface area (Å²) in [6.07, 6.45) is 5.69. The number of carbonyl (C=O) groups is 2. The number of anilines is 2. The molecule has 114 valence electrons. The molecule has 5 heteroatoms. The topological polar surface area (TPSA) is 61.4 Å². The number of nitrogens with zero attached hydrogens (tertiary/aromatic N) is 1. The molecular weight excluding hydrogens is 278 g/mol. The van der Waals surface area contributed by atoms with E-state index in [-0.39, 0.29) is 17.7 Å². The van der Waals surface area contributed by atoms with Crippen molar-refractivity contribution in [2.75, 3.05) is 23.3 Å². The monoisotopic (exact) mass is 297 g/mol. The van der Waals surface area contributed by atoms with Crippen molar-refractivity contribution in [1.29, 1.82) is 0 Å². The molecule has 2 heterocycles. The lowest BCUT2D eigenvalue weighted by Gasteiger charge is -2.30. The van der Waals surface area contributed by atoms with Crippen LogP contribution >= 0.6 is 0 Å². The Morgan fingerprint density at radius 3 is 2.91 bits per heavy atom. The third-order valence-corrected chi connectivity index (χ3v) is 4.46. The molecule has 0 saturated heterocycles. The largest absolute Gasteiger partial charge is 0.357 e. The maximum Gasteiger partial charge on any atom is 0.246 e. The van der Waals surface area contributed by atoms with Gasteiger partial charge in [-0.2, -0.15) is 0 Å². The third kappa shape index (κ3) is 2.47. The normalized spacial score (nSPS) is 20.3. The highest BCUT2D eigenvalue weighted by molar-refractivity contribution is 5.98. The molecule has 0 radical (unpaired) electrons. The number of carbonyl (C=O) groups excluding carboxylic acids is 2. The minimum atomic E-state index is -0.0639. The van der Waals surface area contributed by atoms with Gasteiger partial charge in [0.1, 0.15) is 0 Å². The van der Waals surface area contributed by atoms with E-state index in [1.165, 1.54) is 5.56 Å². The molecule has 1 aromatic rings. The van der Waals surface area contributed by atoms with Crippen molar-refractivity contribution in [2.45, 2.75) is 25.7 Å². The van der Waals surface area contributed by atoms with Crippen LogP contribution in [-0.2, 0) is 16.0 Å². The average molecular weight is 297 g/mol. The van der Waals surface area contributed by atoms with Gasteiger partial charge in [0.25, 0.3) is 0 Å². The van der Waals surface area contributed by atoms with E-state index >= 15 is 0 Å². The van der Waals surface area contributed by atoms with E-state index in [9.17, 15) is 9.59 Å². The van der Waals surface area contributed by atoms with Crippen LogP contribution in [0.3, 0.4) is 0 Å². The van der Waals surface area contributed by atoms with E-state index in [2.05, 4.69) is 16.7 Å². The zero-order valence-corrected chi connectivity index (χ0v) is 12.4. The molecule has 2 aliphatic heterocycles. The minimum absolute atomic E-state index is 0.0639. The second-order valence-corrected chi connectivity index (χ2v) is 6.22.